The summed E-state index contributed by atoms with van der Waals surface area (Å²) in [4.78, 5) is 0. The Morgan fingerprint density at radius 1 is 1.53 bits per heavy atom. The Morgan fingerprint density at radius 3 is 2.53 bits per heavy atom. The van der Waals surface area contributed by atoms with Crippen LogP contribution in [0.3, 0.4) is 0 Å². The summed E-state index contributed by atoms with van der Waals surface area (Å²) in [6, 6.07) is 3.99. The quantitative estimate of drug-likeness (QED) is 0.861. The molecule has 0 unspecified atom stereocenters. The van der Waals surface area contributed by atoms with E-state index < -0.39 is 15.8 Å². The predicted octanol–water partition coefficient (Wildman–Crippen LogP) is 0.949. The number of hydrogen-bond donors (Lipinski definition) is 2. The predicted molar refractivity (Wildman–Crippen MR) is 64.7 cm³/mol. The third-order valence-corrected chi connectivity index (χ3v) is 2.42. The van der Waals surface area contributed by atoms with Crippen molar-refractivity contribution in [1.29, 1.82) is 5.26 Å². The molecular weight excluding hydrogens is 269 g/mol. The van der Waals surface area contributed by atoms with E-state index in [0.717, 1.165) is 18.4 Å². The van der Waals surface area contributed by atoms with Crippen molar-refractivity contribution in [3.05, 3.63) is 29.1 Å². The fourth-order valence-electron chi connectivity index (χ4n) is 1.17. The molecule has 0 aliphatic carbocycles. The zero-order chi connectivity index (χ0) is 12.3. The molecule has 5 nitrogen and oxygen atoms in total. The lowest BCUT2D eigenvalue weighted by Crippen LogP contribution is -2.12. The average molecular weight is 280 g/mol. The summed E-state index contributed by atoms with van der Waals surface area (Å²) in [5.74, 6) is -0.759. The molecule has 0 heterocycles. The van der Waals surface area contributed by atoms with Gasteiger partial charge in [0.25, 0.3) is 0 Å². The van der Waals surface area contributed by atoms with E-state index >= 15 is 0 Å². The summed E-state index contributed by atoms with van der Waals surface area (Å²) in [5.41, 5.74) is 5.54. The lowest BCUT2D eigenvalue weighted by molar-refractivity contribution is 0.603. The second-order valence-electron chi connectivity index (χ2n) is 3.18. The van der Waals surface area contributed by atoms with Crippen LogP contribution < -0.4 is 10.5 Å². The van der Waals surface area contributed by atoms with Crippen LogP contribution in [0.5, 0.6) is 0 Å². The number of nitrogens with zero attached hydrogens (tertiary/aromatic N) is 1. The van der Waals surface area contributed by atoms with Crippen molar-refractivity contribution < 1.29 is 12.8 Å². The Kier molecular flexibility index (Phi) is 5.35. The number of nitrogens with two attached hydrogens (primary N) is 1. The lowest BCUT2D eigenvalue weighted by atomic mass is 10.1. The van der Waals surface area contributed by atoms with E-state index in [9.17, 15) is 12.8 Å². The lowest BCUT2D eigenvalue weighted by Gasteiger charge is -2.08. The molecule has 0 radical (unpaired) electrons. The van der Waals surface area contributed by atoms with E-state index in [0.29, 0.717) is 5.56 Å². The van der Waals surface area contributed by atoms with Gasteiger partial charge in [-0.15, -0.1) is 12.4 Å². The molecule has 0 aliphatic heterocycles. The van der Waals surface area contributed by atoms with Gasteiger partial charge in [0.05, 0.1) is 23.6 Å². The Labute approximate surface area is 105 Å². The SMILES string of the molecule is CS(=O)(=O)Nc1cc(C#N)c(CN)cc1F.Cl. The summed E-state index contributed by atoms with van der Waals surface area (Å²) >= 11 is 0. The number of hydrogen-bond acceptors (Lipinski definition) is 4. The zero-order valence-corrected chi connectivity index (χ0v) is 10.5. The standard InChI is InChI=1S/C9H10FN3O2S.ClH/c1-16(14,15)13-9-3-7(5-12)6(4-11)2-8(9)10;/h2-3,13H,4,11H2,1H3;1H. The maximum atomic E-state index is 13.4. The minimum atomic E-state index is -3.57. The molecule has 0 bridgehead atoms. The van der Waals surface area contributed by atoms with Crippen molar-refractivity contribution in [3.8, 4) is 6.07 Å². The van der Waals surface area contributed by atoms with Crippen LogP contribution in [-0.4, -0.2) is 14.7 Å². The molecule has 1 rings (SSSR count). The number of benzene rings is 1. The van der Waals surface area contributed by atoms with Gasteiger partial charge in [0.1, 0.15) is 5.82 Å². The van der Waals surface area contributed by atoms with Gasteiger partial charge in [-0.05, 0) is 17.7 Å². The number of sulfonamides is 1. The molecule has 17 heavy (non-hydrogen) atoms. The van der Waals surface area contributed by atoms with Crippen LogP contribution >= 0.6 is 12.4 Å². The second-order valence-corrected chi connectivity index (χ2v) is 4.93. The molecule has 0 fully saturated rings. The van der Waals surface area contributed by atoms with Crippen LogP contribution in [-0.2, 0) is 16.6 Å². The van der Waals surface area contributed by atoms with Gasteiger partial charge in [0.2, 0.25) is 10.0 Å². The zero-order valence-electron chi connectivity index (χ0n) is 8.90. The van der Waals surface area contributed by atoms with Gasteiger partial charge in [-0.25, -0.2) is 12.8 Å². The van der Waals surface area contributed by atoms with Gasteiger partial charge >= 0.3 is 0 Å². The monoisotopic (exact) mass is 279 g/mol. The van der Waals surface area contributed by atoms with Crippen molar-refractivity contribution in [2.24, 2.45) is 5.73 Å². The van der Waals surface area contributed by atoms with Crippen LogP contribution in [0.4, 0.5) is 10.1 Å². The first-order valence-corrected chi connectivity index (χ1v) is 6.17. The first kappa shape index (κ1) is 15.6. The largest absolute Gasteiger partial charge is 0.326 e. The highest BCUT2D eigenvalue weighted by Crippen LogP contribution is 2.20. The summed E-state index contributed by atoms with van der Waals surface area (Å²) in [6.45, 7) is 0.0129. The van der Waals surface area contributed by atoms with Crippen LogP contribution in [0, 0.1) is 17.1 Å². The van der Waals surface area contributed by atoms with E-state index in [4.69, 9.17) is 11.0 Å². The maximum absolute atomic E-state index is 13.4. The summed E-state index contributed by atoms with van der Waals surface area (Å²) < 4.78 is 37.2. The summed E-state index contributed by atoms with van der Waals surface area (Å²) in [6.07, 6.45) is 0.898. The molecule has 0 saturated carbocycles. The highest BCUT2D eigenvalue weighted by molar-refractivity contribution is 7.92. The van der Waals surface area contributed by atoms with Crippen LogP contribution in [0.15, 0.2) is 12.1 Å². The molecule has 0 aliphatic rings. The maximum Gasteiger partial charge on any atom is 0.229 e. The van der Waals surface area contributed by atoms with Crippen molar-refractivity contribution in [2.45, 2.75) is 6.54 Å². The van der Waals surface area contributed by atoms with Crippen LogP contribution in [0.1, 0.15) is 11.1 Å². The molecule has 94 valence electrons. The summed E-state index contributed by atoms with van der Waals surface area (Å²) in [7, 11) is -3.57. The van der Waals surface area contributed by atoms with Crippen molar-refractivity contribution >= 4 is 28.1 Å². The van der Waals surface area contributed by atoms with E-state index in [1.165, 1.54) is 0 Å². The highest BCUT2D eigenvalue weighted by Gasteiger charge is 2.11. The Hall–Kier alpha value is -1.36. The van der Waals surface area contributed by atoms with Gasteiger partial charge < -0.3 is 5.73 Å². The average Bonchev–Trinajstić information content (AvgIpc) is 2.18. The smallest absolute Gasteiger partial charge is 0.229 e. The van der Waals surface area contributed by atoms with E-state index in [-0.39, 0.29) is 30.2 Å². The molecule has 8 heteroatoms. The number of anilines is 1. The number of nitriles is 1. The summed E-state index contributed by atoms with van der Waals surface area (Å²) in [5, 5.41) is 8.76. The van der Waals surface area contributed by atoms with Gasteiger partial charge in [-0.3, -0.25) is 4.72 Å². The fraction of sp³-hybridized carbons (Fsp3) is 0.222. The Bertz CT molecular complexity index is 554. The number of rotatable bonds is 3. The normalized spacial score (nSPS) is 10.2. The first-order chi connectivity index (χ1) is 7.37. The molecule has 0 aromatic heterocycles. The minimum absolute atomic E-state index is 0. The topological polar surface area (TPSA) is 96.0 Å². The number of halogens is 2. The second kappa shape index (κ2) is 5.82. The van der Waals surface area contributed by atoms with Crippen molar-refractivity contribution in [3.63, 3.8) is 0 Å². The first-order valence-electron chi connectivity index (χ1n) is 4.27. The number of nitrogens with one attached hydrogen (secondary N) is 1. The molecule has 0 spiro atoms. The van der Waals surface area contributed by atoms with Gasteiger partial charge in [-0.2, -0.15) is 5.26 Å². The highest BCUT2D eigenvalue weighted by atomic mass is 35.5. The Morgan fingerprint density at radius 2 is 2.12 bits per heavy atom. The molecule has 1 aromatic carbocycles. The molecule has 0 saturated heterocycles. The minimum Gasteiger partial charge on any atom is -0.326 e. The van der Waals surface area contributed by atoms with Crippen LogP contribution in [0.25, 0.3) is 0 Å². The molecule has 0 amide bonds. The van der Waals surface area contributed by atoms with Crippen LogP contribution in [0.2, 0.25) is 0 Å². The van der Waals surface area contributed by atoms with Crippen molar-refractivity contribution in [1.82, 2.24) is 0 Å². The molecule has 0 atom stereocenters. The van der Waals surface area contributed by atoms with Gasteiger partial charge in [0.15, 0.2) is 0 Å². The van der Waals surface area contributed by atoms with Crippen molar-refractivity contribution in [2.75, 3.05) is 11.0 Å². The van der Waals surface area contributed by atoms with Gasteiger partial charge in [-0.1, -0.05) is 0 Å². The molecule has 1 aromatic rings. The third kappa shape index (κ3) is 4.19. The van der Waals surface area contributed by atoms with E-state index in [1.807, 2.05) is 10.8 Å². The van der Waals surface area contributed by atoms with E-state index in [1.54, 1.807) is 0 Å². The molecule has 3 N–H and O–H groups in total. The fourth-order valence-corrected chi connectivity index (χ4v) is 1.72. The van der Waals surface area contributed by atoms with Gasteiger partial charge in [0, 0.05) is 6.54 Å². The van der Waals surface area contributed by atoms with E-state index in [2.05, 4.69) is 0 Å². The molecular formula is C9H11ClFN3O2S. The Balaban J connectivity index is 0.00000256. The third-order valence-electron chi connectivity index (χ3n) is 1.83.